The van der Waals surface area contributed by atoms with Crippen LogP contribution in [0.2, 0.25) is 0 Å². The van der Waals surface area contributed by atoms with Crippen molar-refractivity contribution in [2.75, 3.05) is 0 Å². The van der Waals surface area contributed by atoms with Crippen molar-refractivity contribution >= 4 is 11.4 Å². The molecule has 0 radical (unpaired) electrons. The first-order chi connectivity index (χ1) is 5.20. The molecule has 0 amide bonds. The maximum atomic E-state index is 9.88. The highest BCUT2D eigenvalue weighted by Gasteiger charge is 2.06. The van der Waals surface area contributed by atoms with Gasteiger partial charge in [0.05, 0.1) is 23.5 Å². The Balaban J connectivity index is 3.71. The average molecular weight is 173 g/mol. The molecule has 6 heteroatoms. The van der Waals surface area contributed by atoms with Gasteiger partial charge in [0.1, 0.15) is 0 Å². The van der Waals surface area contributed by atoms with E-state index in [1.165, 1.54) is 0 Å². The Hall–Kier alpha value is -0.950. The van der Waals surface area contributed by atoms with Crippen LogP contribution in [0.5, 0.6) is 0 Å². The normalized spacial score (nSPS) is 14.5. The second-order valence-electron chi connectivity index (χ2n) is 1.61. The summed E-state index contributed by atoms with van der Waals surface area (Å²) in [6.07, 6.45) is -0.816. The zero-order valence-electron chi connectivity index (χ0n) is 5.52. The largest absolute Gasteiger partial charge is 0.750 e. The van der Waals surface area contributed by atoms with Crippen molar-refractivity contribution in [1.82, 2.24) is 0 Å². The molecule has 0 bridgehead atoms. The van der Waals surface area contributed by atoms with Crippen molar-refractivity contribution in [3.63, 3.8) is 0 Å². The highest BCUT2D eigenvalue weighted by molar-refractivity contribution is 7.74. The van der Waals surface area contributed by atoms with Gasteiger partial charge in [0.25, 0.3) is 0 Å². The summed E-state index contributed by atoms with van der Waals surface area (Å²) in [7, 11) is 0. The third-order valence-electron chi connectivity index (χ3n) is 0.857. The van der Waals surface area contributed by atoms with Gasteiger partial charge in [0.2, 0.25) is 0 Å². The molecule has 0 aliphatic rings. The second kappa shape index (κ2) is 5.81. The number of nitrogens with zero attached hydrogens (tertiary/aromatic N) is 2. The standard InChI is InChI=1S/C5H6N2O3S/c6-3-1-2-5(4-7)10-11(8)9/h5H,1-2H2,(H,8,9)/p-1. The maximum Gasteiger partial charge on any atom is 0.161 e. The fourth-order valence-electron chi connectivity index (χ4n) is 0.425. The first kappa shape index (κ1) is 10.0. The van der Waals surface area contributed by atoms with Gasteiger partial charge in [-0.3, -0.25) is 4.18 Å². The lowest BCUT2D eigenvalue weighted by Crippen LogP contribution is -2.11. The van der Waals surface area contributed by atoms with Gasteiger partial charge in [-0.2, -0.15) is 10.5 Å². The molecule has 0 aliphatic heterocycles. The van der Waals surface area contributed by atoms with Gasteiger partial charge in [0.15, 0.2) is 6.10 Å². The molecule has 0 fully saturated rings. The Morgan fingerprint density at radius 2 is 2.27 bits per heavy atom. The minimum atomic E-state index is -2.68. The van der Waals surface area contributed by atoms with Gasteiger partial charge >= 0.3 is 0 Å². The molecule has 0 saturated carbocycles. The third kappa shape index (κ3) is 5.49. The van der Waals surface area contributed by atoms with Crippen molar-refractivity contribution in [3.8, 4) is 12.1 Å². The van der Waals surface area contributed by atoms with E-state index >= 15 is 0 Å². The van der Waals surface area contributed by atoms with E-state index in [1.54, 1.807) is 12.1 Å². The maximum absolute atomic E-state index is 9.88. The summed E-state index contributed by atoms with van der Waals surface area (Å²) in [6, 6.07) is 3.38. The zero-order valence-corrected chi connectivity index (χ0v) is 6.34. The quantitative estimate of drug-likeness (QED) is 0.557. The molecule has 0 heterocycles. The number of hydrogen-bond donors (Lipinski definition) is 0. The molecule has 0 N–H and O–H groups in total. The van der Waals surface area contributed by atoms with Gasteiger partial charge in [-0.15, -0.1) is 0 Å². The molecule has 0 aromatic heterocycles. The van der Waals surface area contributed by atoms with Crippen LogP contribution < -0.4 is 0 Å². The molecular weight excluding hydrogens is 168 g/mol. The Morgan fingerprint density at radius 1 is 1.64 bits per heavy atom. The summed E-state index contributed by atoms with van der Waals surface area (Å²) in [4.78, 5) is 0. The number of rotatable bonds is 4. The van der Waals surface area contributed by atoms with Gasteiger partial charge in [0, 0.05) is 12.8 Å². The van der Waals surface area contributed by atoms with Gasteiger partial charge < -0.3 is 4.55 Å². The molecule has 0 spiro atoms. The third-order valence-corrected chi connectivity index (χ3v) is 1.25. The minimum absolute atomic E-state index is 0.107. The van der Waals surface area contributed by atoms with E-state index in [2.05, 4.69) is 4.18 Å². The van der Waals surface area contributed by atoms with Crippen molar-refractivity contribution in [2.24, 2.45) is 0 Å². The van der Waals surface area contributed by atoms with Crippen LogP contribution in [0, 0.1) is 22.7 Å². The van der Waals surface area contributed by atoms with E-state index in [0.29, 0.717) is 0 Å². The predicted octanol–water partition coefficient (Wildman–Crippen LogP) is -0.00694. The summed E-state index contributed by atoms with van der Waals surface area (Å²) in [5.41, 5.74) is 0. The molecule has 0 aliphatic carbocycles. The fraction of sp³-hybridized carbons (Fsp3) is 0.600. The average Bonchev–Trinajstić information content (AvgIpc) is 1.97. The summed E-state index contributed by atoms with van der Waals surface area (Å²) in [6.45, 7) is 0. The first-order valence-corrected chi connectivity index (χ1v) is 3.73. The van der Waals surface area contributed by atoms with Crippen LogP contribution in [0.1, 0.15) is 12.8 Å². The monoisotopic (exact) mass is 173 g/mol. The highest BCUT2D eigenvalue weighted by Crippen LogP contribution is 2.01. The van der Waals surface area contributed by atoms with Gasteiger partial charge in [-0.25, -0.2) is 4.21 Å². The molecular formula is C5H5N2O3S-. The van der Waals surface area contributed by atoms with E-state index < -0.39 is 17.5 Å². The lowest BCUT2D eigenvalue weighted by molar-refractivity contribution is 0.242. The molecule has 60 valence electrons. The molecule has 2 atom stereocenters. The Bertz CT molecular complexity index is 217. The summed E-state index contributed by atoms with van der Waals surface area (Å²) >= 11 is -2.68. The molecule has 0 aromatic carbocycles. The van der Waals surface area contributed by atoms with E-state index in [9.17, 15) is 8.76 Å². The molecule has 11 heavy (non-hydrogen) atoms. The Kier molecular flexibility index (Phi) is 5.30. The van der Waals surface area contributed by atoms with Crippen LogP contribution in [0.25, 0.3) is 0 Å². The van der Waals surface area contributed by atoms with Gasteiger partial charge in [-0.05, 0) is 0 Å². The van der Waals surface area contributed by atoms with E-state index in [1.807, 2.05) is 0 Å². The number of hydrogen-bond acceptors (Lipinski definition) is 5. The van der Waals surface area contributed by atoms with Crippen LogP contribution in [0.15, 0.2) is 0 Å². The predicted molar refractivity (Wildman–Crippen MR) is 34.3 cm³/mol. The highest BCUT2D eigenvalue weighted by atomic mass is 32.2. The fourth-order valence-corrected chi connectivity index (χ4v) is 0.754. The first-order valence-electron chi connectivity index (χ1n) is 2.73. The van der Waals surface area contributed by atoms with Crippen molar-refractivity contribution in [3.05, 3.63) is 0 Å². The van der Waals surface area contributed by atoms with Crippen LogP contribution in [0.4, 0.5) is 0 Å². The van der Waals surface area contributed by atoms with Crippen molar-refractivity contribution < 1.29 is 12.9 Å². The molecule has 0 saturated heterocycles. The van der Waals surface area contributed by atoms with Crippen LogP contribution in [-0.2, 0) is 15.5 Å². The SMILES string of the molecule is N#CCCC(C#N)OS(=O)[O-]. The zero-order chi connectivity index (χ0) is 8.69. The van der Waals surface area contributed by atoms with Crippen LogP contribution in [0.3, 0.4) is 0 Å². The van der Waals surface area contributed by atoms with E-state index in [0.717, 1.165) is 0 Å². The van der Waals surface area contributed by atoms with Crippen LogP contribution >= 0.6 is 0 Å². The minimum Gasteiger partial charge on any atom is -0.750 e. The number of nitriles is 2. The molecule has 0 rings (SSSR count). The van der Waals surface area contributed by atoms with Crippen LogP contribution in [-0.4, -0.2) is 14.9 Å². The van der Waals surface area contributed by atoms with E-state index in [4.69, 9.17) is 10.5 Å². The molecule has 2 unspecified atom stereocenters. The Morgan fingerprint density at radius 3 is 2.64 bits per heavy atom. The van der Waals surface area contributed by atoms with Crippen molar-refractivity contribution in [2.45, 2.75) is 18.9 Å². The molecule has 5 nitrogen and oxygen atoms in total. The second-order valence-corrected chi connectivity index (χ2v) is 2.22. The topological polar surface area (TPSA) is 96.9 Å². The smallest absolute Gasteiger partial charge is 0.161 e. The lowest BCUT2D eigenvalue weighted by Gasteiger charge is -2.09. The Labute approximate surface area is 66.7 Å². The van der Waals surface area contributed by atoms with E-state index in [-0.39, 0.29) is 12.8 Å². The van der Waals surface area contributed by atoms with Gasteiger partial charge in [-0.1, -0.05) is 0 Å². The lowest BCUT2D eigenvalue weighted by atomic mass is 10.2. The van der Waals surface area contributed by atoms with Crippen molar-refractivity contribution in [1.29, 1.82) is 10.5 Å². The summed E-state index contributed by atoms with van der Waals surface area (Å²) < 4.78 is 23.9. The summed E-state index contributed by atoms with van der Waals surface area (Å²) in [5, 5.41) is 16.3. The summed E-state index contributed by atoms with van der Waals surface area (Å²) in [5.74, 6) is 0. The molecule has 0 aromatic rings.